The van der Waals surface area contributed by atoms with E-state index in [0.29, 0.717) is 6.42 Å². The van der Waals surface area contributed by atoms with Gasteiger partial charge in [-0.2, -0.15) is 0 Å². The molecule has 0 aliphatic rings. The Kier molecular flexibility index (Phi) is 9.65. The van der Waals surface area contributed by atoms with Gasteiger partial charge in [-0.1, -0.05) is 58.8 Å². The Hall–Kier alpha value is -0.530. The fourth-order valence-corrected chi connectivity index (χ4v) is 1.74. The molecule has 2 N–H and O–H groups in total. The minimum atomic E-state index is -0.160. The second-order valence-electron chi connectivity index (χ2n) is 4.87. The van der Waals surface area contributed by atoms with Gasteiger partial charge in [0.1, 0.15) is 0 Å². The van der Waals surface area contributed by atoms with Gasteiger partial charge in [0.25, 0.3) is 0 Å². The Morgan fingerprint density at radius 1 is 0.933 bits per heavy atom. The third-order valence-electron chi connectivity index (χ3n) is 2.70. The summed E-state index contributed by atoms with van der Waals surface area (Å²) < 4.78 is 0. The van der Waals surface area contributed by atoms with Crippen molar-refractivity contribution in [3.8, 4) is 0 Å². The second-order valence-corrected chi connectivity index (χ2v) is 4.87. The number of hydrogen-bond acceptors (Lipinski definition) is 1. The summed E-state index contributed by atoms with van der Waals surface area (Å²) in [5.74, 6) is 0.688. The van der Waals surface area contributed by atoms with Crippen molar-refractivity contribution in [1.29, 1.82) is 0 Å². The average Bonchev–Trinajstić information content (AvgIpc) is 2.14. The van der Waals surface area contributed by atoms with E-state index in [1.807, 2.05) is 0 Å². The normalized spacial score (nSPS) is 10.9. The molecule has 0 aromatic heterocycles. The topological polar surface area (TPSA) is 43.1 Å². The van der Waals surface area contributed by atoms with Gasteiger partial charge in [-0.15, -0.1) is 0 Å². The zero-order chi connectivity index (χ0) is 11.5. The highest BCUT2D eigenvalue weighted by atomic mass is 16.1. The molecule has 0 aliphatic carbocycles. The van der Waals surface area contributed by atoms with Gasteiger partial charge in [0.05, 0.1) is 0 Å². The molecule has 0 unspecified atom stereocenters. The van der Waals surface area contributed by atoms with Crippen molar-refractivity contribution in [3.63, 3.8) is 0 Å². The highest BCUT2D eigenvalue weighted by Gasteiger charge is 1.96. The van der Waals surface area contributed by atoms with Crippen LogP contribution in [0.25, 0.3) is 0 Å². The smallest absolute Gasteiger partial charge is 0.217 e. The summed E-state index contributed by atoms with van der Waals surface area (Å²) in [6.45, 7) is 4.56. The third-order valence-corrected chi connectivity index (χ3v) is 2.70. The lowest BCUT2D eigenvalue weighted by Gasteiger charge is -2.04. The molecule has 0 heterocycles. The maximum absolute atomic E-state index is 10.5. The highest BCUT2D eigenvalue weighted by Crippen LogP contribution is 2.12. The first kappa shape index (κ1) is 14.5. The van der Waals surface area contributed by atoms with Crippen LogP contribution in [0.1, 0.15) is 71.6 Å². The lowest BCUT2D eigenvalue weighted by atomic mass is 10.0. The summed E-state index contributed by atoms with van der Waals surface area (Å²) in [5, 5.41) is 0. The summed E-state index contributed by atoms with van der Waals surface area (Å²) in [7, 11) is 0. The van der Waals surface area contributed by atoms with Gasteiger partial charge in [0, 0.05) is 6.42 Å². The van der Waals surface area contributed by atoms with Crippen molar-refractivity contribution in [2.24, 2.45) is 11.7 Å². The molecule has 15 heavy (non-hydrogen) atoms. The minimum absolute atomic E-state index is 0.160. The maximum Gasteiger partial charge on any atom is 0.217 e. The maximum atomic E-state index is 10.5. The van der Waals surface area contributed by atoms with Crippen LogP contribution >= 0.6 is 0 Å². The molecule has 0 aromatic carbocycles. The van der Waals surface area contributed by atoms with Crippen molar-refractivity contribution in [1.82, 2.24) is 0 Å². The molecule has 0 fully saturated rings. The average molecular weight is 213 g/mol. The van der Waals surface area contributed by atoms with E-state index in [-0.39, 0.29) is 5.91 Å². The fourth-order valence-electron chi connectivity index (χ4n) is 1.74. The predicted molar refractivity (Wildman–Crippen MR) is 65.6 cm³/mol. The van der Waals surface area contributed by atoms with Crippen LogP contribution in [0.2, 0.25) is 0 Å². The number of rotatable bonds is 10. The third kappa shape index (κ3) is 13.5. The molecule has 0 rings (SSSR count). The fraction of sp³-hybridized carbons (Fsp3) is 0.923. The van der Waals surface area contributed by atoms with Gasteiger partial charge in [0.2, 0.25) is 5.91 Å². The summed E-state index contributed by atoms with van der Waals surface area (Å²) in [6.07, 6.45) is 10.7. The number of nitrogens with two attached hydrogens (primary N) is 1. The van der Waals surface area contributed by atoms with Crippen LogP contribution < -0.4 is 5.73 Å². The zero-order valence-electron chi connectivity index (χ0n) is 10.4. The first-order chi connectivity index (χ1) is 7.13. The summed E-state index contributed by atoms with van der Waals surface area (Å²) in [5.41, 5.74) is 5.06. The molecule has 90 valence electrons. The van der Waals surface area contributed by atoms with E-state index in [4.69, 9.17) is 5.73 Å². The molecule has 0 spiro atoms. The van der Waals surface area contributed by atoms with Crippen molar-refractivity contribution in [3.05, 3.63) is 0 Å². The number of carbonyl (C=O) groups excluding carboxylic acids is 1. The number of unbranched alkanes of at least 4 members (excludes halogenated alkanes) is 6. The highest BCUT2D eigenvalue weighted by molar-refractivity contribution is 5.73. The van der Waals surface area contributed by atoms with E-state index in [9.17, 15) is 4.79 Å². The largest absolute Gasteiger partial charge is 0.370 e. The molecule has 2 heteroatoms. The Morgan fingerprint density at radius 3 is 1.87 bits per heavy atom. The van der Waals surface area contributed by atoms with Crippen LogP contribution in [0, 0.1) is 5.92 Å². The van der Waals surface area contributed by atoms with Crippen molar-refractivity contribution in [2.45, 2.75) is 71.6 Å². The second kappa shape index (κ2) is 10.0. The van der Waals surface area contributed by atoms with E-state index < -0.39 is 0 Å². The van der Waals surface area contributed by atoms with E-state index in [1.54, 1.807) is 0 Å². The van der Waals surface area contributed by atoms with Crippen LogP contribution in [-0.4, -0.2) is 5.91 Å². The molecular weight excluding hydrogens is 186 g/mol. The molecule has 1 amide bonds. The molecule has 2 nitrogen and oxygen atoms in total. The molecule has 0 atom stereocenters. The van der Waals surface area contributed by atoms with Crippen LogP contribution in [-0.2, 0) is 4.79 Å². The quantitative estimate of drug-likeness (QED) is 0.553. The molecule has 0 saturated carbocycles. The Morgan fingerprint density at radius 2 is 1.40 bits per heavy atom. The van der Waals surface area contributed by atoms with Crippen LogP contribution in [0.3, 0.4) is 0 Å². The SMILES string of the molecule is CC(C)CCCCCCCCCC(N)=O. The summed E-state index contributed by atoms with van der Waals surface area (Å²) >= 11 is 0. The molecule has 0 aromatic rings. The van der Waals surface area contributed by atoms with Crippen LogP contribution in [0.15, 0.2) is 0 Å². The lowest BCUT2D eigenvalue weighted by molar-refractivity contribution is -0.118. The van der Waals surface area contributed by atoms with E-state index in [2.05, 4.69) is 13.8 Å². The molecule has 0 saturated heterocycles. The predicted octanol–water partition coefficient (Wildman–Crippen LogP) is 3.64. The van der Waals surface area contributed by atoms with E-state index >= 15 is 0 Å². The number of carbonyl (C=O) groups is 1. The molecule has 0 bridgehead atoms. The standard InChI is InChI=1S/C13H27NO/c1-12(2)10-8-6-4-3-5-7-9-11-13(14)15/h12H,3-11H2,1-2H3,(H2,14,15). The van der Waals surface area contributed by atoms with Crippen molar-refractivity contribution in [2.75, 3.05) is 0 Å². The molecule has 0 radical (unpaired) electrons. The van der Waals surface area contributed by atoms with Gasteiger partial charge < -0.3 is 5.73 Å². The lowest BCUT2D eigenvalue weighted by Crippen LogP contribution is -2.09. The van der Waals surface area contributed by atoms with Gasteiger partial charge in [-0.05, 0) is 12.3 Å². The zero-order valence-corrected chi connectivity index (χ0v) is 10.4. The first-order valence-electron chi connectivity index (χ1n) is 6.41. The number of amides is 1. The van der Waals surface area contributed by atoms with Gasteiger partial charge >= 0.3 is 0 Å². The minimum Gasteiger partial charge on any atom is -0.370 e. The Labute approximate surface area is 94.6 Å². The summed E-state index contributed by atoms with van der Waals surface area (Å²) in [4.78, 5) is 10.5. The number of hydrogen-bond donors (Lipinski definition) is 1. The van der Waals surface area contributed by atoms with Gasteiger partial charge in [-0.3, -0.25) is 4.79 Å². The summed E-state index contributed by atoms with van der Waals surface area (Å²) in [6, 6.07) is 0. The first-order valence-corrected chi connectivity index (χ1v) is 6.41. The van der Waals surface area contributed by atoms with Crippen LogP contribution in [0.5, 0.6) is 0 Å². The molecular formula is C13H27NO. The van der Waals surface area contributed by atoms with E-state index in [1.165, 1.54) is 38.5 Å². The van der Waals surface area contributed by atoms with E-state index in [0.717, 1.165) is 18.8 Å². The monoisotopic (exact) mass is 213 g/mol. The molecule has 0 aliphatic heterocycles. The van der Waals surface area contributed by atoms with Gasteiger partial charge in [0.15, 0.2) is 0 Å². The van der Waals surface area contributed by atoms with Crippen LogP contribution in [0.4, 0.5) is 0 Å². The Balaban J connectivity index is 2.96. The van der Waals surface area contributed by atoms with Crippen molar-refractivity contribution >= 4 is 5.91 Å². The van der Waals surface area contributed by atoms with Crippen molar-refractivity contribution < 1.29 is 4.79 Å². The van der Waals surface area contributed by atoms with Gasteiger partial charge in [-0.25, -0.2) is 0 Å². The number of primary amides is 1. The Bertz CT molecular complexity index is 155.